The van der Waals surface area contributed by atoms with Crippen molar-refractivity contribution < 1.29 is 4.79 Å². The number of amides is 1. The molecule has 1 aromatic heterocycles. The van der Waals surface area contributed by atoms with Crippen molar-refractivity contribution in [3.8, 4) is 0 Å². The minimum absolute atomic E-state index is 0.341. The third-order valence-corrected chi connectivity index (χ3v) is 2.34. The first-order valence-electron chi connectivity index (χ1n) is 4.23. The number of carbonyl (C=O) groups excluding carboxylic acids is 1. The lowest BCUT2D eigenvalue weighted by atomic mass is 9.85. The lowest BCUT2D eigenvalue weighted by Gasteiger charge is -2.18. The van der Waals surface area contributed by atoms with Crippen molar-refractivity contribution in [2.75, 3.05) is 0 Å². The van der Waals surface area contributed by atoms with Gasteiger partial charge in [0.2, 0.25) is 0 Å². The first-order chi connectivity index (χ1) is 6.53. The summed E-state index contributed by atoms with van der Waals surface area (Å²) >= 11 is 0. The molecule has 0 spiro atoms. The molecule has 0 atom stereocenters. The van der Waals surface area contributed by atoms with Gasteiger partial charge in [0.15, 0.2) is 0 Å². The predicted molar refractivity (Wildman–Crippen MR) is 51.3 cm³/mol. The zero-order chi connectivity index (χ0) is 10.3. The molecule has 0 aliphatic carbocycles. The van der Waals surface area contributed by atoms with Crippen molar-refractivity contribution in [1.29, 1.82) is 0 Å². The highest BCUT2D eigenvalue weighted by Gasteiger charge is 2.39. The molecule has 0 radical (unpaired) electrons. The highest BCUT2D eigenvalue weighted by atomic mass is 16.1. The second kappa shape index (κ2) is 2.60. The number of primary amides is 1. The Kier molecular flexibility index (Phi) is 1.64. The van der Waals surface area contributed by atoms with Crippen LogP contribution in [-0.2, 0) is 10.2 Å². The molecule has 5 nitrogen and oxygen atoms in total. The summed E-state index contributed by atoms with van der Waals surface area (Å²) in [6, 6.07) is 0. The summed E-state index contributed by atoms with van der Waals surface area (Å²) < 4.78 is 0. The van der Waals surface area contributed by atoms with Crippen molar-refractivity contribution >= 4 is 17.3 Å². The molecular weight excluding hydrogens is 180 g/mol. The summed E-state index contributed by atoms with van der Waals surface area (Å²) in [5, 5.41) is 0. The van der Waals surface area contributed by atoms with E-state index in [9.17, 15) is 4.79 Å². The van der Waals surface area contributed by atoms with Crippen LogP contribution in [0.3, 0.4) is 0 Å². The maximum atomic E-state index is 11.1. The van der Waals surface area contributed by atoms with Crippen LogP contribution in [0.4, 0.5) is 5.69 Å². The van der Waals surface area contributed by atoms with Gasteiger partial charge in [-0.05, 0) is 13.8 Å². The summed E-state index contributed by atoms with van der Waals surface area (Å²) in [4.78, 5) is 23.2. The Bertz CT molecular complexity index is 436. The van der Waals surface area contributed by atoms with Gasteiger partial charge in [-0.3, -0.25) is 4.79 Å². The third kappa shape index (κ3) is 1.02. The second-order valence-electron chi connectivity index (χ2n) is 3.71. The van der Waals surface area contributed by atoms with Gasteiger partial charge in [0.25, 0.3) is 5.91 Å². The molecule has 2 N–H and O–H groups in total. The van der Waals surface area contributed by atoms with Gasteiger partial charge in [-0.1, -0.05) is 0 Å². The van der Waals surface area contributed by atoms with Gasteiger partial charge in [0.05, 0.1) is 17.3 Å². The normalized spacial score (nSPS) is 17.4. The Labute approximate surface area is 81.1 Å². The van der Waals surface area contributed by atoms with E-state index in [2.05, 4.69) is 15.0 Å². The highest BCUT2D eigenvalue weighted by molar-refractivity contribution is 6.43. The van der Waals surface area contributed by atoms with E-state index in [1.165, 1.54) is 6.33 Å². The molecular formula is C9H10N4O. The fraction of sp³-hybridized carbons (Fsp3) is 0.333. The van der Waals surface area contributed by atoms with Crippen LogP contribution < -0.4 is 5.73 Å². The van der Waals surface area contributed by atoms with Crippen molar-refractivity contribution in [1.82, 2.24) is 9.97 Å². The van der Waals surface area contributed by atoms with E-state index >= 15 is 0 Å². The third-order valence-electron chi connectivity index (χ3n) is 2.34. The smallest absolute Gasteiger partial charge is 0.264 e. The van der Waals surface area contributed by atoms with Crippen molar-refractivity contribution in [3.05, 3.63) is 18.2 Å². The first-order valence-corrected chi connectivity index (χ1v) is 4.23. The largest absolute Gasteiger partial charge is 0.365 e. The van der Waals surface area contributed by atoms with Crippen LogP contribution in [0.15, 0.2) is 17.5 Å². The molecule has 72 valence electrons. The Morgan fingerprint density at radius 3 is 2.79 bits per heavy atom. The summed E-state index contributed by atoms with van der Waals surface area (Å²) in [5.74, 6) is -0.506. The molecule has 0 unspecified atom stereocenters. The van der Waals surface area contributed by atoms with E-state index in [-0.39, 0.29) is 0 Å². The van der Waals surface area contributed by atoms with Gasteiger partial charge in [-0.25, -0.2) is 15.0 Å². The molecule has 0 saturated heterocycles. The quantitative estimate of drug-likeness (QED) is 0.692. The number of aromatic nitrogens is 2. The fourth-order valence-corrected chi connectivity index (χ4v) is 1.62. The van der Waals surface area contributed by atoms with Crippen LogP contribution in [0.5, 0.6) is 0 Å². The van der Waals surface area contributed by atoms with Gasteiger partial charge in [-0.2, -0.15) is 0 Å². The van der Waals surface area contributed by atoms with E-state index in [1.54, 1.807) is 6.20 Å². The number of hydrogen-bond acceptors (Lipinski definition) is 4. The molecule has 0 fully saturated rings. The van der Waals surface area contributed by atoms with Crippen molar-refractivity contribution in [3.63, 3.8) is 0 Å². The number of nitrogens with two attached hydrogens (primary N) is 1. The Morgan fingerprint density at radius 2 is 2.21 bits per heavy atom. The molecule has 0 aromatic carbocycles. The minimum Gasteiger partial charge on any atom is -0.365 e. The second-order valence-corrected chi connectivity index (χ2v) is 3.71. The summed E-state index contributed by atoms with van der Waals surface area (Å²) in [6.45, 7) is 3.74. The van der Waals surface area contributed by atoms with Crippen LogP contribution in [0.2, 0.25) is 0 Å². The average Bonchev–Trinajstić information content (AvgIpc) is 2.39. The number of rotatable bonds is 1. The number of carbonyl (C=O) groups is 1. The van der Waals surface area contributed by atoms with E-state index in [0.717, 1.165) is 5.69 Å². The van der Waals surface area contributed by atoms with Crippen molar-refractivity contribution in [2.24, 2.45) is 10.7 Å². The van der Waals surface area contributed by atoms with E-state index in [4.69, 9.17) is 5.73 Å². The van der Waals surface area contributed by atoms with Crippen LogP contribution in [0.25, 0.3) is 0 Å². The van der Waals surface area contributed by atoms with Gasteiger partial charge in [0, 0.05) is 0 Å². The monoisotopic (exact) mass is 190 g/mol. The SMILES string of the molecule is CC1(C)C(C(N)=O)=Nc2cncnc21. The molecule has 5 heteroatoms. The lowest BCUT2D eigenvalue weighted by molar-refractivity contribution is -0.112. The number of fused-ring (bicyclic) bond motifs is 1. The molecule has 1 aliphatic heterocycles. The van der Waals surface area contributed by atoms with Crippen LogP contribution in [0, 0.1) is 0 Å². The molecule has 0 saturated carbocycles. The number of hydrogen-bond donors (Lipinski definition) is 1. The molecule has 1 aliphatic rings. The minimum atomic E-state index is -0.510. The number of nitrogens with zero attached hydrogens (tertiary/aromatic N) is 3. The van der Waals surface area contributed by atoms with E-state index in [1.807, 2.05) is 13.8 Å². The van der Waals surface area contributed by atoms with Crippen LogP contribution >= 0.6 is 0 Å². The van der Waals surface area contributed by atoms with E-state index in [0.29, 0.717) is 11.4 Å². The molecule has 2 heterocycles. The van der Waals surface area contributed by atoms with Crippen LogP contribution in [0.1, 0.15) is 19.5 Å². The fourth-order valence-electron chi connectivity index (χ4n) is 1.62. The first kappa shape index (κ1) is 8.80. The van der Waals surface area contributed by atoms with Crippen LogP contribution in [-0.4, -0.2) is 21.6 Å². The Hall–Kier alpha value is -1.78. The van der Waals surface area contributed by atoms with Gasteiger partial charge in [-0.15, -0.1) is 0 Å². The highest BCUT2D eigenvalue weighted by Crippen LogP contribution is 2.37. The Balaban J connectivity index is 2.62. The number of aliphatic imine (C=N–C) groups is 1. The topological polar surface area (TPSA) is 81.2 Å². The van der Waals surface area contributed by atoms with Gasteiger partial charge < -0.3 is 5.73 Å². The lowest BCUT2D eigenvalue weighted by Crippen LogP contribution is -2.37. The standard InChI is InChI=1S/C9H10N4O/c1-9(2)6-5(3-11-4-12-6)13-7(9)8(10)14/h3-4H,1-2H3,(H2,10,14). The van der Waals surface area contributed by atoms with Gasteiger partial charge in [0.1, 0.15) is 17.7 Å². The molecule has 1 amide bonds. The summed E-state index contributed by atoms with van der Waals surface area (Å²) in [6.07, 6.45) is 3.03. The zero-order valence-corrected chi connectivity index (χ0v) is 7.98. The predicted octanol–water partition coefficient (Wildman–Crippen LogP) is 0.326. The summed E-state index contributed by atoms with van der Waals surface area (Å²) in [5.41, 5.74) is 6.45. The molecule has 1 aromatic rings. The average molecular weight is 190 g/mol. The van der Waals surface area contributed by atoms with Gasteiger partial charge >= 0.3 is 0 Å². The van der Waals surface area contributed by atoms with E-state index < -0.39 is 11.3 Å². The maximum absolute atomic E-state index is 11.1. The molecule has 0 bridgehead atoms. The zero-order valence-electron chi connectivity index (χ0n) is 7.98. The molecule has 2 rings (SSSR count). The summed E-state index contributed by atoms with van der Waals surface area (Å²) in [7, 11) is 0. The molecule has 14 heavy (non-hydrogen) atoms. The van der Waals surface area contributed by atoms with Crippen molar-refractivity contribution in [2.45, 2.75) is 19.3 Å². The maximum Gasteiger partial charge on any atom is 0.264 e. The Morgan fingerprint density at radius 1 is 1.50 bits per heavy atom.